The molecular formula is C20H14F4N6OS. The Morgan fingerprint density at radius 3 is 2.59 bits per heavy atom. The first-order chi connectivity index (χ1) is 15.3. The summed E-state index contributed by atoms with van der Waals surface area (Å²) in [5.74, 6) is -1.88. The molecule has 0 radical (unpaired) electrons. The Kier molecular flexibility index (Phi) is 5.77. The molecule has 7 nitrogen and oxygen atoms in total. The second-order valence-electron chi connectivity index (χ2n) is 6.43. The molecule has 0 aliphatic carbocycles. The normalized spacial score (nSPS) is 13.1. The molecule has 0 saturated heterocycles. The van der Waals surface area contributed by atoms with Gasteiger partial charge in [-0.1, -0.05) is 6.07 Å². The second kappa shape index (κ2) is 8.67. The Bertz CT molecular complexity index is 1190. The van der Waals surface area contributed by atoms with Gasteiger partial charge >= 0.3 is 6.18 Å². The van der Waals surface area contributed by atoms with E-state index < -0.39 is 23.5 Å². The predicted molar refractivity (Wildman–Crippen MR) is 113 cm³/mol. The fourth-order valence-electron chi connectivity index (χ4n) is 2.76. The molecule has 0 spiro atoms. The third-order valence-electron chi connectivity index (χ3n) is 4.26. The number of nitrogens with zero attached hydrogens (tertiary/aromatic N) is 3. The lowest BCUT2D eigenvalue weighted by molar-refractivity contribution is -0.139. The van der Waals surface area contributed by atoms with Crippen LogP contribution in [0.2, 0.25) is 0 Å². The quantitative estimate of drug-likeness (QED) is 0.472. The SMILES string of the molecule is O=C(Nc1nc(-c2cccc(C(F)(F)F)c2F)cs1)c1ccc(NN2C=NC=CN2)cc1. The zero-order valence-corrected chi connectivity index (χ0v) is 16.8. The van der Waals surface area contributed by atoms with Gasteiger partial charge in [0.05, 0.1) is 16.9 Å². The van der Waals surface area contributed by atoms with E-state index in [-0.39, 0.29) is 16.4 Å². The van der Waals surface area contributed by atoms with Gasteiger partial charge in [0, 0.05) is 28.9 Å². The first-order valence-electron chi connectivity index (χ1n) is 9.04. The van der Waals surface area contributed by atoms with Crippen molar-refractivity contribution in [1.82, 2.24) is 15.5 Å². The Balaban J connectivity index is 1.44. The average molecular weight is 462 g/mol. The number of carbonyl (C=O) groups excluding carboxylic acids is 1. The summed E-state index contributed by atoms with van der Waals surface area (Å²) in [6.07, 6.45) is -0.0883. The molecule has 0 saturated carbocycles. The van der Waals surface area contributed by atoms with Gasteiger partial charge in [0.1, 0.15) is 12.2 Å². The zero-order valence-electron chi connectivity index (χ0n) is 16.0. The monoisotopic (exact) mass is 462 g/mol. The van der Waals surface area contributed by atoms with Crippen LogP contribution in [-0.2, 0) is 6.18 Å². The van der Waals surface area contributed by atoms with Gasteiger partial charge in [0.2, 0.25) is 0 Å². The second-order valence-corrected chi connectivity index (χ2v) is 7.28. The molecule has 2 heterocycles. The number of aliphatic imine (C=N–C) groups is 1. The summed E-state index contributed by atoms with van der Waals surface area (Å²) in [6.45, 7) is 0. The third-order valence-corrected chi connectivity index (χ3v) is 5.02. The van der Waals surface area contributed by atoms with E-state index in [1.165, 1.54) is 22.9 Å². The number of hydrazine groups is 2. The van der Waals surface area contributed by atoms with Gasteiger partial charge in [-0.2, -0.15) is 18.3 Å². The van der Waals surface area contributed by atoms with Crippen LogP contribution in [0.5, 0.6) is 0 Å². The summed E-state index contributed by atoms with van der Waals surface area (Å²) in [6, 6.07) is 9.48. The van der Waals surface area contributed by atoms with E-state index in [0.717, 1.165) is 17.4 Å². The van der Waals surface area contributed by atoms with E-state index in [4.69, 9.17) is 0 Å². The van der Waals surface area contributed by atoms with E-state index in [9.17, 15) is 22.4 Å². The van der Waals surface area contributed by atoms with Crippen molar-refractivity contribution in [2.24, 2.45) is 4.99 Å². The maximum Gasteiger partial charge on any atom is 0.419 e. The average Bonchev–Trinajstić information content (AvgIpc) is 3.22. The number of carbonyl (C=O) groups is 1. The Hall–Kier alpha value is -3.93. The van der Waals surface area contributed by atoms with Crippen molar-refractivity contribution in [1.29, 1.82) is 0 Å². The van der Waals surface area contributed by atoms with Crippen LogP contribution < -0.4 is 16.2 Å². The maximum atomic E-state index is 14.3. The molecule has 1 amide bonds. The molecule has 3 aromatic rings. The number of halogens is 4. The van der Waals surface area contributed by atoms with E-state index in [2.05, 4.69) is 26.1 Å². The van der Waals surface area contributed by atoms with Crippen molar-refractivity contribution in [3.63, 3.8) is 0 Å². The molecule has 3 N–H and O–H groups in total. The van der Waals surface area contributed by atoms with E-state index in [0.29, 0.717) is 17.3 Å². The standard InChI is InChI=1S/C20H14F4N6OS/c21-17-14(2-1-3-15(17)20(22,23)24)16-10-32-19(27-16)28-18(31)12-4-6-13(7-5-12)29-30-11-25-8-9-26-30/h1-11,26,29H,(H,27,28,31). The summed E-state index contributed by atoms with van der Waals surface area (Å²) in [7, 11) is 0. The van der Waals surface area contributed by atoms with Gasteiger partial charge in [-0.05, 0) is 36.4 Å². The van der Waals surface area contributed by atoms with Crippen LogP contribution in [-0.4, -0.2) is 22.3 Å². The van der Waals surface area contributed by atoms with Crippen molar-refractivity contribution in [3.8, 4) is 11.3 Å². The van der Waals surface area contributed by atoms with E-state index >= 15 is 0 Å². The van der Waals surface area contributed by atoms with E-state index in [1.807, 2.05) is 0 Å². The molecule has 4 rings (SSSR count). The molecule has 1 aliphatic heterocycles. The van der Waals surface area contributed by atoms with Crippen molar-refractivity contribution < 1.29 is 22.4 Å². The largest absolute Gasteiger partial charge is 0.419 e. The molecule has 164 valence electrons. The van der Waals surface area contributed by atoms with E-state index in [1.54, 1.807) is 36.7 Å². The molecule has 0 unspecified atom stereocenters. The number of nitrogens with one attached hydrogen (secondary N) is 3. The molecule has 0 bridgehead atoms. The lowest BCUT2D eigenvalue weighted by Gasteiger charge is -2.22. The fourth-order valence-corrected chi connectivity index (χ4v) is 3.47. The van der Waals surface area contributed by atoms with Crippen molar-refractivity contribution >= 4 is 34.4 Å². The lowest BCUT2D eigenvalue weighted by Crippen LogP contribution is -2.39. The number of amides is 1. The molecule has 0 atom stereocenters. The summed E-state index contributed by atoms with van der Waals surface area (Å²) < 4.78 is 53.1. The van der Waals surface area contributed by atoms with Crippen LogP contribution in [0.1, 0.15) is 15.9 Å². The summed E-state index contributed by atoms with van der Waals surface area (Å²) in [4.78, 5) is 20.5. The first kappa shape index (κ1) is 21.3. The smallest absolute Gasteiger partial charge is 0.298 e. The van der Waals surface area contributed by atoms with Gasteiger partial charge in [-0.15, -0.1) is 11.3 Å². The van der Waals surface area contributed by atoms with Crippen LogP contribution in [0, 0.1) is 5.82 Å². The molecule has 1 aliphatic rings. The number of hydrogen-bond acceptors (Lipinski definition) is 7. The number of alkyl halides is 3. The van der Waals surface area contributed by atoms with Crippen molar-refractivity contribution in [2.45, 2.75) is 6.18 Å². The van der Waals surface area contributed by atoms with Gasteiger partial charge in [-0.25, -0.2) is 14.4 Å². The van der Waals surface area contributed by atoms with Crippen molar-refractivity contribution in [2.75, 3.05) is 10.7 Å². The Labute approximate surface area is 183 Å². The summed E-state index contributed by atoms with van der Waals surface area (Å²) in [5.41, 5.74) is 5.24. The minimum Gasteiger partial charge on any atom is -0.298 e. The molecule has 2 aromatic carbocycles. The lowest BCUT2D eigenvalue weighted by atomic mass is 10.1. The van der Waals surface area contributed by atoms with Crippen LogP contribution in [0.3, 0.4) is 0 Å². The highest BCUT2D eigenvalue weighted by Crippen LogP contribution is 2.36. The van der Waals surface area contributed by atoms with Crippen molar-refractivity contribution in [3.05, 3.63) is 77.2 Å². The molecule has 1 aromatic heterocycles. The highest BCUT2D eigenvalue weighted by atomic mass is 32.1. The number of rotatable bonds is 5. The number of hydrogen-bond donors (Lipinski definition) is 3. The Morgan fingerprint density at radius 2 is 1.91 bits per heavy atom. The molecule has 32 heavy (non-hydrogen) atoms. The fraction of sp³-hybridized carbons (Fsp3) is 0.0500. The summed E-state index contributed by atoms with van der Waals surface area (Å²) in [5, 5.41) is 5.58. The number of aromatic nitrogens is 1. The van der Waals surface area contributed by atoms with Crippen LogP contribution in [0.15, 0.2) is 65.2 Å². The maximum absolute atomic E-state index is 14.3. The number of anilines is 2. The predicted octanol–water partition coefficient (Wildman–Crippen LogP) is 4.87. The topological polar surface area (TPSA) is 81.7 Å². The number of thiazole rings is 1. The highest BCUT2D eigenvalue weighted by Gasteiger charge is 2.35. The minimum absolute atomic E-state index is 0.00167. The van der Waals surface area contributed by atoms with Gasteiger partial charge < -0.3 is 0 Å². The highest BCUT2D eigenvalue weighted by molar-refractivity contribution is 7.14. The van der Waals surface area contributed by atoms with Crippen LogP contribution in [0.25, 0.3) is 11.3 Å². The van der Waals surface area contributed by atoms with Gasteiger partial charge in [-0.3, -0.25) is 21.0 Å². The third kappa shape index (κ3) is 4.70. The molecule has 0 fully saturated rings. The Morgan fingerprint density at radius 1 is 1.12 bits per heavy atom. The van der Waals surface area contributed by atoms with Crippen LogP contribution in [0.4, 0.5) is 28.4 Å². The van der Waals surface area contributed by atoms with Crippen LogP contribution >= 0.6 is 11.3 Å². The molecule has 12 heteroatoms. The first-order valence-corrected chi connectivity index (χ1v) is 9.92. The van der Waals surface area contributed by atoms with Gasteiger partial charge in [0.25, 0.3) is 5.91 Å². The summed E-state index contributed by atoms with van der Waals surface area (Å²) >= 11 is 0.977. The zero-order chi connectivity index (χ0) is 22.7. The molecular weight excluding hydrogens is 448 g/mol. The minimum atomic E-state index is -4.82. The van der Waals surface area contributed by atoms with Gasteiger partial charge in [0.15, 0.2) is 5.13 Å². The number of benzene rings is 2.